The van der Waals surface area contributed by atoms with Crippen LogP contribution in [0.4, 0.5) is 21.9 Å². The van der Waals surface area contributed by atoms with Crippen molar-refractivity contribution in [2.45, 2.75) is 97.5 Å². The van der Waals surface area contributed by atoms with E-state index in [4.69, 9.17) is 9.73 Å². The third kappa shape index (κ3) is 10.8. The molecule has 10 heteroatoms. The number of likely N-dealkylation sites (tertiary alicyclic amines) is 1. The van der Waals surface area contributed by atoms with E-state index in [1.807, 2.05) is 27.7 Å². The van der Waals surface area contributed by atoms with Gasteiger partial charge in [0.05, 0.1) is 12.3 Å². The second-order valence-corrected chi connectivity index (χ2v) is 16.6. The monoisotopic (exact) mass is 736 g/mol. The Labute approximate surface area is 322 Å². The summed E-state index contributed by atoms with van der Waals surface area (Å²) in [5.74, 6) is 1.76. The highest BCUT2D eigenvalue weighted by molar-refractivity contribution is 6.04. The van der Waals surface area contributed by atoms with Crippen molar-refractivity contribution < 1.29 is 19.1 Å². The molecule has 0 bridgehead atoms. The number of piperidine rings is 4. The van der Waals surface area contributed by atoms with E-state index in [1.165, 1.54) is 49.9 Å². The minimum atomic E-state index is -0.538. The number of nitrogens with zero attached hydrogens (tertiary/aromatic N) is 4. The fourth-order valence-corrected chi connectivity index (χ4v) is 8.27. The maximum absolute atomic E-state index is 12.7. The van der Waals surface area contributed by atoms with Crippen LogP contribution in [0.1, 0.15) is 91.0 Å². The van der Waals surface area contributed by atoms with Gasteiger partial charge in [-0.05, 0) is 132 Å². The second kappa shape index (κ2) is 17.7. The molecule has 0 radical (unpaired) electrons. The molecule has 2 N–H and O–H groups in total. The molecule has 290 valence electrons. The number of amides is 3. The Morgan fingerprint density at radius 1 is 0.870 bits per heavy atom. The number of imide groups is 1. The van der Waals surface area contributed by atoms with Crippen molar-refractivity contribution in [3.05, 3.63) is 78.1 Å². The number of allylic oxidation sites excluding steroid dienone is 1. The number of nitrogens with one attached hydrogen (secondary N) is 2. The van der Waals surface area contributed by atoms with Crippen LogP contribution >= 0.6 is 0 Å². The van der Waals surface area contributed by atoms with Gasteiger partial charge in [-0.2, -0.15) is 0 Å². The first-order valence-corrected chi connectivity index (χ1v) is 20.1. The van der Waals surface area contributed by atoms with Gasteiger partial charge < -0.3 is 24.8 Å². The lowest BCUT2D eigenvalue weighted by Crippen LogP contribution is -2.44. The lowest BCUT2D eigenvalue weighted by atomic mass is 9.85. The lowest BCUT2D eigenvalue weighted by Gasteiger charge is -2.36. The molecule has 6 rings (SSSR count). The number of carbonyl (C=O) groups excluding carboxylic acids is 3. The summed E-state index contributed by atoms with van der Waals surface area (Å²) in [6, 6.07) is 17.3. The van der Waals surface area contributed by atoms with Gasteiger partial charge in [0.25, 0.3) is 0 Å². The van der Waals surface area contributed by atoms with E-state index >= 15 is 0 Å². The number of carbonyl (C=O) groups is 3. The highest BCUT2D eigenvalue weighted by Gasteiger charge is 2.29. The van der Waals surface area contributed by atoms with Crippen molar-refractivity contribution in [1.82, 2.24) is 10.2 Å². The van der Waals surface area contributed by atoms with E-state index in [-0.39, 0.29) is 23.8 Å². The lowest BCUT2D eigenvalue weighted by molar-refractivity contribution is -0.136. The van der Waals surface area contributed by atoms with Crippen LogP contribution in [-0.2, 0) is 20.7 Å². The van der Waals surface area contributed by atoms with Crippen molar-refractivity contribution in [3.8, 4) is 0 Å². The number of rotatable bonds is 10. The fraction of sp³-hybridized carbons (Fsp3) is 0.545. The number of hydrogen-bond donors (Lipinski definition) is 2. The Balaban J connectivity index is 0.892. The van der Waals surface area contributed by atoms with Crippen LogP contribution in [0.2, 0.25) is 0 Å². The average Bonchev–Trinajstić information content (AvgIpc) is 3.15. The topological polar surface area (TPSA) is 107 Å². The molecule has 10 nitrogen and oxygen atoms in total. The Morgan fingerprint density at radius 3 is 1.98 bits per heavy atom. The molecule has 4 aliphatic rings. The van der Waals surface area contributed by atoms with Crippen LogP contribution in [0.3, 0.4) is 0 Å². The molecule has 1 atom stereocenters. The van der Waals surface area contributed by atoms with Gasteiger partial charge in [0.15, 0.2) is 0 Å². The van der Waals surface area contributed by atoms with Crippen LogP contribution in [0.25, 0.3) is 0 Å². The standard InChI is InChI=1S/C44H60N6O4/c1-6-35-23-28-50(43(53)54-44(3,4)5)30-40(35)46-31(2)45-37-12-16-39(17-13-37)49-26-21-33(22-27-49)8-7-32-19-24-48(25-20-32)38-14-9-34(10-15-38)29-36-11-18-41(51)47-42(36)52/h6,9-10,12-17,32-33,36,45H,2,7-8,11,18-30H2,1,3-5H3,(H,47,51,52)/b35-6-,46-40-. The van der Waals surface area contributed by atoms with E-state index in [0.717, 1.165) is 67.0 Å². The van der Waals surface area contributed by atoms with Gasteiger partial charge in [0.2, 0.25) is 11.8 Å². The van der Waals surface area contributed by atoms with Crippen molar-refractivity contribution in [2.75, 3.05) is 54.4 Å². The number of aliphatic imine (C=N–C) groups is 1. The Hall–Kier alpha value is -4.60. The molecular formula is C44H60N6O4. The van der Waals surface area contributed by atoms with Gasteiger partial charge in [-0.1, -0.05) is 37.6 Å². The van der Waals surface area contributed by atoms with E-state index in [0.29, 0.717) is 38.2 Å². The fourth-order valence-electron chi connectivity index (χ4n) is 8.27. The van der Waals surface area contributed by atoms with Gasteiger partial charge in [0.1, 0.15) is 11.4 Å². The minimum Gasteiger partial charge on any atom is -0.444 e. The summed E-state index contributed by atoms with van der Waals surface area (Å²) in [5, 5.41) is 5.82. The zero-order valence-electron chi connectivity index (χ0n) is 32.9. The molecule has 1 unspecified atom stereocenters. The highest BCUT2D eigenvalue weighted by Crippen LogP contribution is 2.32. The minimum absolute atomic E-state index is 0.110. The average molecular weight is 737 g/mol. The van der Waals surface area contributed by atoms with Crippen LogP contribution in [0.5, 0.6) is 0 Å². The summed E-state index contributed by atoms with van der Waals surface area (Å²) >= 11 is 0. The quantitative estimate of drug-likeness (QED) is 0.238. The molecular weight excluding hydrogens is 677 g/mol. The molecule has 54 heavy (non-hydrogen) atoms. The zero-order valence-corrected chi connectivity index (χ0v) is 32.9. The van der Waals surface area contributed by atoms with Crippen LogP contribution in [0.15, 0.2) is 77.6 Å². The van der Waals surface area contributed by atoms with Gasteiger partial charge in [-0.25, -0.2) is 9.79 Å². The number of ether oxygens (including phenoxy) is 1. The van der Waals surface area contributed by atoms with Gasteiger partial charge in [0, 0.05) is 62.1 Å². The summed E-state index contributed by atoms with van der Waals surface area (Å²) < 4.78 is 5.59. The van der Waals surface area contributed by atoms with Crippen LogP contribution < -0.4 is 20.4 Å². The first-order chi connectivity index (χ1) is 25.9. The molecule has 4 aliphatic heterocycles. The summed E-state index contributed by atoms with van der Waals surface area (Å²) in [6.45, 7) is 17.2. The van der Waals surface area contributed by atoms with Crippen molar-refractivity contribution in [2.24, 2.45) is 22.7 Å². The molecule has 2 aromatic carbocycles. The first-order valence-electron chi connectivity index (χ1n) is 20.1. The second-order valence-electron chi connectivity index (χ2n) is 16.6. The van der Waals surface area contributed by atoms with E-state index in [1.54, 1.807) is 4.90 Å². The highest BCUT2D eigenvalue weighted by atomic mass is 16.6. The summed E-state index contributed by atoms with van der Waals surface area (Å²) in [6.07, 6.45) is 11.9. The van der Waals surface area contributed by atoms with E-state index < -0.39 is 5.60 Å². The third-order valence-corrected chi connectivity index (χ3v) is 11.5. The summed E-state index contributed by atoms with van der Waals surface area (Å²) in [7, 11) is 0. The predicted octanol–water partition coefficient (Wildman–Crippen LogP) is 8.11. The maximum atomic E-state index is 12.7. The molecule has 0 aliphatic carbocycles. The maximum Gasteiger partial charge on any atom is 0.410 e. The predicted molar refractivity (Wildman–Crippen MR) is 218 cm³/mol. The van der Waals surface area contributed by atoms with Gasteiger partial charge in [-0.3, -0.25) is 14.9 Å². The molecule has 0 spiro atoms. The number of hydrogen-bond acceptors (Lipinski definition) is 8. The summed E-state index contributed by atoms with van der Waals surface area (Å²) in [5.41, 5.74) is 6.05. The Bertz CT molecular complexity index is 1690. The largest absolute Gasteiger partial charge is 0.444 e. The van der Waals surface area contributed by atoms with Gasteiger partial charge >= 0.3 is 6.09 Å². The van der Waals surface area contributed by atoms with Crippen molar-refractivity contribution in [1.29, 1.82) is 0 Å². The van der Waals surface area contributed by atoms with Crippen molar-refractivity contribution in [3.63, 3.8) is 0 Å². The molecule has 4 fully saturated rings. The Kier molecular flexibility index (Phi) is 12.8. The third-order valence-electron chi connectivity index (χ3n) is 11.5. The molecule has 3 amide bonds. The van der Waals surface area contributed by atoms with Crippen LogP contribution in [-0.4, -0.2) is 73.4 Å². The SMILES string of the molecule is C=C(/N=C1/CN(C(=O)OC(C)(C)C)CC/C1=C/C)Nc1ccc(N2CCC(CCC3CCN(c4ccc(CC5CCC(=O)NC5=O)cc4)CC3)CC2)cc1. The van der Waals surface area contributed by atoms with E-state index in [2.05, 4.69) is 81.6 Å². The molecule has 0 aromatic heterocycles. The molecule has 0 saturated carbocycles. The summed E-state index contributed by atoms with van der Waals surface area (Å²) in [4.78, 5) is 47.8. The molecule has 4 saturated heterocycles. The van der Waals surface area contributed by atoms with E-state index in [9.17, 15) is 14.4 Å². The Morgan fingerprint density at radius 2 is 1.44 bits per heavy atom. The van der Waals surface area contributed by atoms with Crippen LogP contribution in [0, 0.1) is 17.8 Å². The van der Waals surface area contributed by atoms with Gasteiger partial charge in [-0.15, -0.1) is 0 Å². The number of anilines is 3. The molecule has 4 heterocycles. The number of benzene rings is 2. The first kappa shape index (κ1) is 39.1. The zero-order chi connectivity index (χ0) is 38.2. The molecule has 2 aromatic rings. The normalized spacial score (nSPS) is 22.1. The smallest absolute Gasteiger partial charge is 0.410 e. The van der Waals surface area contributed by atoms with Crippen molar-refractivity contribution >= 4 is 40.7 Å².